The van der Waals surface area contributed by atoms with Crippen molar-refractivity contribution in [3.63, 3.8) is 0 Å². The van der Waals surface area contributed by atoms with E-state index in [1.807, 2.05) is 20.8 Å². The molecule has 6 nitrogen and oxygen atoms in total. The smallest absolute Gasteiger partial charge is 0.337 e. The summed E-state index contributed by atoms with van der Waals surface area (Å²) in [5, 5.41) is 1.06. The Labute approximate surface area is 213 Å². The number of hydrogen-bond donors (Lipinski definition) is 0. The molecule has 1 aliphatic heterocycles. The second kappa shape index (κ2) is 14.1. The molecule has 0 atom stereocenters. The summed E-state index contributed by atoms with van der Waals surface area (Å²) in [5.74, 6) is 0.0204. The Hall–Kier alpha value is -3.39. The van der Waals surface area contributed by atoms with Gasteiger partial charge in [-0.2, -0.15) is 0 Å². The number of amides is 1. The van der Waals surface area contributed by atoms with Crippen molar-refractivity contribution in [3.8, 4) is 17.2 Å². The van der Waals surface area contributed by atoms with Crippen LogP contribution in [0.15, 0.2) is 66.7 Å². The molecule has 0 spiro atoms. The summed E-state index contributed by atoms with van der Waals surface area (Å²) in [5.41, 5.74) is 1.13. The Morgan fingerprint density at radius 1 is 1.03 bits per heavy atom. The fourth-order valence-electron chi connectivity index (χ4n) is 3.18. The van der Waals surface area contributed by atoms with Gasteiger partial charge in [-0.1, -0.05) is 48.8 Å². The quantitative estimate of drug-likeness (QED) is 0.258. The van der Waals surface area contributed by atoms with Crippen LogP contribution in [0.4, 0.5) is 10.1 Å². The minimum absolute atomic E-state index is 0.147. The zero-order valence-electron chi connectivity index (χ0n) is 20.2. The topological polar surface area (TPSA) is 65.1 Å². The molecule has 1 aliphatic rings. The molecule has 8 heteroatoms. The molecule has 35 heavy (non-hydrogen) atoms. The van der Waals surface area contributed by atoms with Crippen LogP contribution in [0.1, 0.15) is 41.5 Å². The number of halogens is 2. The number of esters is 1. The fourth-order valence-corrected chi connectivity index (χ4v) is 3.18. The number of carbonyl (C=O) groups is 2. The van der Waals surface area contributed by atoms with Gasteiger partial charge in [0.2, 0.25) is 0 Å². The van der Waals surface area contributed by atoms with E-state index < -0.39 is 11.8 Å². The zero-order chi connectivity index (χ0) is 25.8. The van der Waals surface area contributed by atoms with E-state index in [2.05, 4.69) is 20.7 Å². The minimum atomic E-state index is -0.515. The highest BCUT2D eigenvalue weighted by molar-refractivity contribution is 9.09. The predicted molar refractivity (Wildman–Crippen MR) is 139 cm³/mol. The highest BCUT2D eigenvalue weighted by Crippen LogP contribution is 2.38. The van der Waals surface area contributed by atoms with Crippen LogP contribution >= 0.6 is 15.9 Å². The van der Waals surface area contributed by atoms with E-state index in [0.717, 1.165) is 5.33 Å². The van der Waals surface area contributed by atoms with Crippen LogP contribution in [0.3, 0.4) is 0 Å². The molecule has 0 N–H and O–H groups in total. The van der Waals surface area contributed by atoms with E-state index in [4.69, 9.17) is 9.47 Å². The molecule has 0 radical (unpaired) electrons. The number of para-hydroxylation sites is 2. The molecule has 3 aromatic rings. The molecule has 0 aromatic heterocycles. The van der Waals surface area contributed by atoms with Crippen LogP contribution in [-0.4, -0.2) is 37.5 Å². The summed E-state index contributed by atoms with van der Waals surface area (Å²) in [6.45, 7) is 6.44. The van der Waals surface area contributed by atoms with Gasteiger partial charge in [0.1, 0.15) is 23.9 Å². The fraction of sp³-hybridized carbons (Fsp3) is 0.259. The number of nitrogens with zero attached hydrogens (tertiary/aromatic N) is 1. The monoisotopic (exact) mass is 545 g/mol. The largest absolute Gasteiger partial charge is 0.492 e. The molecule has 0 bridgehead atoms. The van der Waals surface area contributed by atoms with Gasteiger partial charge in [-0.25, -0.2) is 9.18 Å². The van der Waals surface area contributed by atoms with Crippen LogP contribution in [0.25, 0.3) is 0 Å². The highest BCUT2D eigenvalue weighted by Gasteiger charge is 2.28. The number of hydrogen-bond acceptors (Lipinski definition) is 5. The maximum absolute atomic E-state index is 13.8. The van der Waals surface area contributed by atoms with E-state index in [1.165, 1.54) is 30.2 Å². The lowest BCUT2D eigenvalue weighted by molar-refractivity contribution is 0.0600. The van der Waals surface area contributed by atoms with E-state index >= 15 is 0 Å². The van der Waals surface area contributed by atoms with Crippen molar-refractivity contribution in [3.05, 3.63) is 83.7 Å². The summed E-state index contributed by atoms with van der Waals surface area (Å²) < 4.78 is 30.0. The average Bonchev–Trinajstić information content (AvgIpc) is 3.00. The van der Waals surface area contributed by atoms with Crippen molar-refractivity contribution in [1.82, 2.24) is 0 Å². The summed E-state index contributed by atoms with van der Waals surface area (Å²) in [4.78, 5) is 26.1. The Kier molecular flexibility index (Phi) is 11.2. The van der Waals surface area contributed by atoms with Gasteiger partial charge in [0, 0.05) is 5.33 Å². The number of carbonyl (C=O) groups excluding carboxylic acids is 2. The Balaban J connectivity index is 0.000000803. The van der Waals surface area contributed by atoms with Crippen LogP contribution in [0.2, 0.25) is 0 Å². The Morgan fingerprint density at radius 2 is 1.69 bits per heavy atom. The van der Waals surface area contributed by atoms with Gasteiger partial charge in [-0.15, -0.1) is 0 Å². The molecule has 0 saturated carbocycles. The molecule has 0 aliphatic carbocycles. The molecule has 186 valence electrons. The van der Waals surface area contributed by atoms with Gasteiger partial charge < -0.3 is 19.1 Å². The lowest BCUT2D eigenvalue weighted by Crippen LogP contribution is -2.34. The van der Waals surface area contributed by atoms with Crippen LogP contribution < -0.4 is 14.4 Å². The highest BCUT2D eigenvalue weighted by atomic mass is 79.9. The first kappa shape index (κ1) is 27.9. The second-order valence-corrected chi connectivity index (χ2v) is 7.92. The number of ether oxygens (including phenoxy) is 3. The van der Waals surface area contributed by atoms with Gasteiger partial charge in [0.25, 0.3) is 5.91 Å². The van der Waals surface area contributed by atoms with Gasteiger partial charge in [-0.3, -0.25) is 4.79 Å². The number of alkyl halides is 1. The van der Waals surface area contributed by atoms with Gasteiger partial charge in [0.15, 0.2) is 5.75 Å². The average molecular weight is 546 g/mol. The molecule has 1 amide bonds. The van der Waals surface area contributed by atoms with Gasteiger partial charge in [-0.05, 0) is 54.6 Å². The van der Waals surface area contributed by atoms with Crippen molar-refractivity contribution in [2.75, 3.05) is 30.5 Å². The second-order valence-electron chi connectivity index (χ2n) is 6.80. The number of benzene rings is 3. The van der Waals surface area contributed by atoms with Crippen LogP contribution in [0, 0.1) is 5.82 Å². The number of methoxy groups -OCH3 is 1. The summed E-state index contributed by atoms with van der Waals surface area (Å²) in [7, 11) is 1.32. The van der Waals surface area contributed by atoms with Crippen molar-refractivity contribution in [2.24, 2.45) is 0 Å². The van der Waals surface area contributed by atoms with Gasteiger partial charge in [0.05, 0.1) is 30.5 Å². The van der Waals surface area contributed by atoms with Crippen molar-refractivity contribution < 1.29 is 28.2 Å². The maximum atomic E-state index is 13.8. The zero-order valence-corrected chi connectivity index (χ0v) is 21.8. The lowest BCUT2D eigenvalue weighted by Gasteiger charge is -2.22. The Bertz CT molecular complexity index is 1120. The van der Waals surface area contributed by atoms with E-state index in [9.17, 15) is 14.0 Å². The molecular weight excluding hydrogens is 517 g/mol. The van der Waals surface area contributed by atoms with E-state index in [-0.39, 0.29) is 24.6 Å². The lowest BCUT2D eigenvalue weighted by atomic mass is 10.1. The maximum Gasteiger partial charge on any atom is 0.337 e. The third kappa shape index (κ3) is 7.29. The molecule has 1 heterocycles. The van der Waals surface area contributed by atoms with E-state index in [0.29, 0.717) is 28.5 Å². The first-order chi connectivity index (χ1) is 17.0. The first-order valence-electron chi connectivity index (χ1n) is 11.2. The molecule has 3 aromatic carbocycles. The summed E-state index contributed by atoms with van der Waals surface area (Å²) in [6, 6.07) is 17.5. The predicted octanol–water partition coefficient (Wildman–Crippen LogP) is 6.87. The summed E-state index contributed by atoms with van der Waals surface area (Å²) in [6.07, 6.45) is 0. The molecule has 0 unspecified atom stereocenters. The third-order valence-corrected chi connectivity index (χ3v) is 4.65. The van der Waals surface area contributed by atoms with Crippen molar-refractivity contribution in [1.29, 1.82) is 0 Å². The molecule has 0 saturated heterocycles. The van der Waals surface area contributed by atoms with Crippen molar-refractivity contribution >= 4 is 33.5 Å². The summed E-state index contributed by atoms with van der Waals surface area (Å²) >= 11 is 3.15. The van der Waals surface area contributed by atoms with Crippen LogP contribution in [0.5, 0.6) is 17.2 Å². The van der Waals surface area contributed by atoms with E-state index in [1.54, 1.807) is 48.5 Å². The minimum Gasteiger partial charge on any atom is -0.492 e. The normalized spacial score (nSPS) is 11.3. The number of fused-ring (bicyclic) bond motifs is 2. The van der Waals surface area contributed by atoms with Crippen LogP contribution in [-0.2, 0) is 4.74 Å². The first-order valence-corrected chi connectivity index (χ1v) is 12.4. The van der Waals surface area contributed by atoms with Crippen molar-refractivity contribution in [2.45, 2.75) is 20.8 Å². The molecule has 4 rings (SSSR count). The standard InChI is InChI=1S/C23H18FNO5.C2H5Br.C2H6/c1-28-23(27)15-6-9-17(10-7-15)29-13-12-25-19-4-2-3-5-21(19)30-20-11-8-16(24)14-18(20)22(25)26;1-2-3;1-2/h2-11,14H,12-13H2,1H3;2H2,1H3;1-2H3. The third-order valence-electron chi connectivity index (χ3n) is 4.65. The van der Waals surface area contributed by atoms with Gasteiger partial charge >= 0.3 is 5.97 Å². The molecular formula is C27H29BrFNO5. The SMILES string of the molecule is CC.CCBr.COC(=O)c1ccc(OCCN2C(=O)c3cc(F)ccc3Oc3ccccc32)cc1. The molecule has 0 fully saturated rings. The number of anilines is 1. The Morgan fingerprint density at radius 3 is 2.34 bits per heavy atom. The number of rotatable bonds is 5.